The van der Waals surface area contributed by atoms with Gasteiger partial charge in [-0.2, -0.15) is 16.1 Å². The fourth-order valence-corrected chi connectivity index (χ4v) is 5.42. The van der Waals surface area contributed by atoms with Gasteiger partial charge in [-0.3, -0.25) is 0 Å². The third-order valence-corrected chi connectivity index (χ3v) is 7.23. The standard InChI is InChI=1S/C20H23NO2S2/c1-17-7-9-18(10-8-17)12-16-25(22,23)21-13-11-20(24-15-14-21)19-5-3-2-4-6-19/h2-10,12,16,20H,11,13-15H2,1H3/b16-12+. The van der Waals surface area contributed by atoms with E-state index in [1.807, 2.05) is 61.2 Å². The largest absolute Gasteiger partial charge is 0.236 e. The summed E-state index contributed by atoms with van der Waals surface area (Å²) in [5.74, 6) is 0.817. The van der Waals surface area contributed by atoms with E-state index in [0.29, 0.717) is 18.3 Å². The molecule has 0 aliphatic carbocycles. The van der Waals surface area contributed by atoms with Crippen LogP contribution < -0.4 is 0 Å². The molecule has 1 saturated heterocycles. The lowest BCUT2D eigenvalue weighted by molar-refractivity contribution is 0.435. The van der Waals surface area contributed by atoms with E-state index in [-0.39, 0.29) is 0 Å². The summed E-state index contributed by atoms with van der Waals surface area (Å²) in [6.45, 7) is 3.14. The van der Waals surface area contributed by atoms with Gasteiger partial charge in [-0.05, 0) is 30.5 Å². The second kappa shape index (κ2) is 8.21. The molecule has 132 valence electrons. The van der Waals surface area contributed by atoms with Crippen LogP contribution in [0, 0.1) is 6.92 Å². The molecule has 5 heteroatoms. The first-order valence-corrected chi connectivity index (χ1v) is 11.0. The summed E-state index contributed by atoms with van der Waals surface area (Å²) in [4.78, 5) is 0. The molecule has 3 rings (SSSR count). The zero-order chi connectivity index (χ0) is 17.7. The summed E-state index contributed by atoms with van der Waals surface area (Å²) in [6.07, 6.45) is 2.52. The predicted octanol–water partition coefficient (Wildman–Crippen LogP) is 4.48. The van der Waals surface area contributed by atoms with Crippen LogP contribution in [0.15, 0.2) is 60.0 Å². The molecule has 0 aromatic heterocycles. The van der Waals surface area contributed by atoms with Gasteiger partial charge in [-0.25, -0.2) is 8.42 Å². The highest BCUT2D eigenvalue weighted by Gasteiger charge is 2.25. The van der Waals surface area contributed by atoms with E-state index in [0.717, 1.165) is 23.3 Å². The van der Waals surface area contributed by atoms with Crippen molar-refractivity contribution in [2.45, 2.75) is 18.6 Å². The van der Waals surface area contributed by atoms with Crippen LogP contribution in [0.1, 0.15) is 28.4 Å². The van der Waals surface area contributed by atoms with Crippen molar-refractivity contribution < 1.29 is 8.42 Å². The predicted molar refractivity (Wildman–Crippen MR) is 107 cm³/mol. The van der Waals surface area contributed by atoms with Crippen LogP contribution in [0.2, 0.25) is 0 Å². The Kier molecular flexibility index (Phi) is 5.99. The molecular weight excluding hydrogens is 350 g/mol. The molecule has 0 saturated carbocycles. The molecule has 1 aliphatic rings. The lowest BCUT2D eigenvalue weighted by Crippen LogP contribution is -2.31. The van der Waals surface area contributed by atoms with Crippen LogP contribution in [0.5, 0.6) is 0 Å². The van der Waals surface area contributed by atoms with Gasteiger partial charge in [-0.1, -0.05) is 60.2 Å². The Morgan fingerprint density at radius 3 is 2.48 bits per heavy atom. The molecule has 0 bridgehead atoms. The van der Waals surface area contributed by atoms with Gasteiger partial charge in [0.05, 0.1) is 0 Å². The van der Waals surface area contributed by atoms with Crippen LogP contribution in [-0.4, -0.2) is 31.6 Å². The van der Waals surface area contributed by atoms with Crippen molar-refractivity contribution in [3.05, 3.63) is 76.7 Å². The quantitative estimate of drug-likeness (QED) is 0.793. The maximum atomic E-state index is 12.7. The number of rotatable bonds is 4. The minimum absolute atomic E-state index is 0.363. The molecule has 2 aromatic carbocycles. The Morgan fingerprint density at radius 2 is 1.76 bits per heavy atom. The van der Waals surface area contributed by atoms with Crippen molar-refractivity contribution in [2.24, 2.45) is 0 Å². The average molecular weight is 374 g/mol. The maximum Gasteiger partial charge on any atom is 0.236 e. The molecule has 25 heavy (non-hydrogen) atoms. The summed E-state index contributed by atoms with van der Waals surface area (Å²) in [6, 6.07) is 18.2. The van der Waals surface area contributed by atoms with Gasteiger partial charge in [0.15, 0.2) is 0 Å². The molecular formula is C20H23NO2S2. The third kappa shape index (κ3) is 4.97. The molecule has 0 N–H and O–H groups in total. The minimum Gasteiger partial charge on any atom is -0.208 e. The fraction of sp³-hybridized carbons (Fsp3) is 0.300. The maximum absolute atomic E-state index is 12.7. The van der Waals surface area contributed by atoms with E-state index in [9.17, 15) is 8.42 Å². The number of nitrogens with zero attached hydrogens (tertiary/aromatic N) is 1. The molecule has 1 fully saturated rings. The summed E-state index contributed by atoms with van der Waals surface area (Å²) in [5.41, 5.74) is 3.35. The van der Waals surface area contributed by atoms with Gasteiger partial charge in [-0.15, -0.1) is 0 Å². The molecule has 1 atom stereocenters. The van der Waals surface area contributed by atoms with Gasteiger partial charge in [0, 0.05) is 29.5 Å². The lowest BCUT2D eigenvalue weighted by atomic mass is 10.1. The van der Waals surface area contributed by atoms with Crippen LogP contribution >= 0.6 is 11.8 Å². The van der Waals surface area contributed by atoms with Crippen LogP contribution in [0.25, 0.3) is 6.08 Å². The second-order valence-electron chi connectivity index (χ2n) is 6.22. The first kappa shape index (κ1) is 18.2. The van der Waals surface area contributed by atoms with Crippen LogP contribution in [0.3, 0.4) is 0 Å². The van der Waals surface area contributed by atoms with E-state index < -0.39 is 10.0 Å². The van der Waals surface area contributed by atoms with Crippen LogP contribution in [-0.2, 0) is 10.0 Å². The molecule has 0 spiro atoms. The molecule has 1 aliphatic heterocycles. The van der Waals surface area contributed by atoms with Gasteiger partial charge >= 0.3 is 0 Å². The number of aryl methyl sites for hydroxylation is 1. The topological polar surface area (TPSA) is 37.4 Å². The van der Waals surface area contributed by atoms with E-state index in [4.69, 9.17) is 0 Å². The summed E-state index contributed by atoms with van der Waals surface area (Å²) in [5, 5.41) is 1.70. The molecule has 1 unspecified atom stereocenters. The zero-order valence-corrected chi connectivity index (χ0v) is 16.0. The third-order valence-electron chi connectivity index (χ3n) is 4.34. The molecule has 0 amide bonds. The van der Waals surface area contributed by atoms with Crippen molar-refractivity contribution in [3.8, 4) is 0 Å². The average Bonchev–Trinajstić information content (AvgIpc) is 2.89. The van der Waals surface area contributed by atoms with Gasteiger partial charge in [0.2, 0.25) is 10.0 Å². The summed E-state index contributed by atoms with van der Waals surface area (Å²) < 4.78 is 26.9. The van der Waals surface area contributed by atoms with Gasteiger partial charge < -0.3 is 0 Å². The Balaban J connectivity index is 1.67. The molecule has 1 heterocycles. The first-order chi connectivity index (χ1) is 12.0. The Labute approximate surface area is 154 Å². The number of hydrogen-bond acceptors (Lipinski definition) is 3. The number of hydrogen-bond donors (Lipinski definition) is 0. The zero-order valence-electron chi connectivity index (χ0n) is 14.3. The highest BCUT2D eigenvalue weighted by molar-refractivity contribution is 7.99. The van der Waals surface area contributed by atoms with Gasteiger partial charge in [0.1, 0.15) is 0 Å². The number of sulfonamides is 1. The van der Waals surface area contributed by atoms with Crippen molar-refractivity contribution in [3.63, 3.8) is 0 Å². The van der Waals surface area contributed by atoms with Crippen molar-refractivity contribution in [1.82, 2.24) is 4.31 Å². The van der Waals surface area contributed by atoms with E-state index in [1.165, 1.54) is 11.0 Å². The van der Waals surface area contributed by atoms with E-state index >= 15 is 0 Å². The number of thioether (sulfide) groups is 1. The van der Waals surface area contributed by atoms with E-state index in [2.05, 4.69) is 12.1 Å². The smallest absolute Gasteiger partial charge is 0.208 e. The Morgan fingerprint density at radius 1 is 1.04 bits per heavy atom. The van der Waals surface area contributed by atoms with Crippen molar-refractivity contribution in [2.75, 3.05) is 18.8 Å². The minimum atomic E-state index is -3.38. The SMILES string of the molecule is Cc1ccc(/C=C/S(=O)(=O)N2CCSC(c3ccccc3)CC2)cc1. The summed E-state index contributed by atoms with van der Waals surface area (Å²) in [7, 11) is -3.38. The Bertz CT molecular complexity index is 815. The molecule has 2 aromatic rings. The summed E-state index contributed by atoms with van der Waals surface area (Å²) >= 11 is 1.84. The van der Waals surface area contributed by atoms with Gasteiger partial charge in [0.25, 0.3) is 0 Å². The monoisotopic (exact) mass is 373 g/mol. The van der Waals surface area contributed by atoms with Crippen LogP contribution in [0.4, 0.5) is 0 Å². The normalized spacial score (nSPS) is 19.8. The second-order valence-corrected chi connectivity index (χ2v) is 9.35. The Hall–Kier alpha value is -1.56. The molecule has 3 nitrogen and oxygen atoms in total. The van der Waals surface area contributed by atoms with Crippen molar-refractivity contribution >= 4 is 27.9 Å². The van der Waals surface area contributed by atoms with Crippen molar-refractivity contribution in [1.29, 1.82) is 0 Å². The highest BCUT2D eigenvalue weighted by Crippen LogP contribution is 2.34. The molecule has 0 radical (unpaired) electrons. The fourth-order valence-electron chi connectivity index (χ4n) is 2.87. The number of benzene rings is 2. The van der Waals surface area contributed by atoms with E-state index in [1.54, 1.807) is 10.4 Å². The first-order valence-electron chi connectivity index (χ1n) is 8.46. The lowest BCUT2D eigenvalue weighted by Gasteiger charge is -2.17. The highest BCUT2D eigenvalue weighted by atomic mass is 32.2.